The van der Waals surface area contributed by atoms with Gasteiger partial charge in [-0.05, 0) is 31.4 Å². The van der Waals surface area contributed by atoms with Crippen molar-refractivity contribution in [3.63, 3.8) is 0 Å². The van der Waals surface area contributed by atoms with Gasteiger partial charge in [-0.2, -0.15) is 0 Å². The van der Waals surface area contributed by atoms with Crippen molar-refractivity contribution in [3.05, 3.63) is 45.9 Å². The van der Waals surface area contributed by atoms with Gasteiger partial charge in [-0.1, -0.05) is 6.07 Å². The number of esters is 1. The van der Waals surface area contributed by atoms with Crippen molar-refractivity contribution >= 4 is 29.0 Å². The second-order valence-corrected chi connectivity index (χ2v) is 5.72. The van der Waals surface area contributed by atoms with Crippen LogP contribution in [0.2, 0.25) is 0 Å². The highest BCUT2D eigenvalue weighted by Crippen LogP contribution is 2.17. The van der Waals surface area contributed by atoms with Gasteiger partial charge >= 0.3 is 5.97 Å². The first-order valence-electron chi connectivity index (χ1n) is 6.66. The molecule has 0 aliphatic rings. The number of ketones is 1. The number of Topliss-reactive ketones (excluding diaryl/α,β-unsaturated/α-hetero) is 1. The minimum atomic E-state index is -0.675. The van der Waals surface area contributed by atoms with Gasteiger partial charge in [0.1, 0.15) is 5.69 Å². The summed E-state index contributed by atoms with van der Waals surface area (Å²) in [7, 11) is 0. The van der Waals surface area contributed by atoms with E-state index in [9.17, 15) is 14.4 Å². The zero-order valence-electron chi connectivity index (χ0n) is 12.2. The predicted octanol–water partition coefficient (Wildman–Crippen LogP) is 2.31. The molecular weight excluding hydrogens is 304 g/mol. The van der Waals surface area contributed by atoms with Gasteiger partial charge in [0.25, 0.3) is 5.91 Å². The molecule has 1 amide bonds. The molecule has 2 rings (SSSR count). The van der Waals surface area contributed by atoms with E-state index in [0.29, 0.717) is 5.56 Å². The number of carbonyl (C=O) groups excluding carboxylic acids is 3. The van der Waals surface area contributed by atoms with E-state index in [4.69, 9.17) is 4.74 Å². The number of thiophene rings is 1. The van der Waals surface area contributed by atoms with Crippen LogP contribution in [0.25, 0.3) is 0 Å². The van der Waals surface area contributed by atoms with Gasteiger partial charge in [-0.15, -0.1) is 11.3 Å². The molecule has 0 aliphatic heterocycles. The maximum Gasteiger partial charge on any atom is 0.355 e. The van der Waals surface area contributed by atoms with Gasteiger partial charge in [0.2, 0.25) is 0 Å². The van der Waals surface area contributed by atoms with Crippen LogP contribution in [0.1, 0.15) is 45.6 Å². The van der Waals surface area contributed by atoms with Crippen LogP contribution in [0.3, 0.4) is 0 Å². The lowest BCUT2D eigenvalue weighted by Crippen LogP contribution is -2.30. The number of rotatable bonds is 6. The topological polar surface area (TPSA) is 88.3 Å². The van der Waals surface area contributed by atoms with Crippen molar-refractivity contribution in [1.82, 2.24) is 10.3 Å². The number of ether oxygens (including phenoxy) is 1. The Morgan fingerprint density at radius 2 is 2.18 bits per heavy atom. The molecule has 0 bridgehead atoms. The van der Waals surface area contributed by atoms with Crippen LogP contribution < -0.4 is 5.32 Å². The molecular formula is C15H16N2O4S. The Labute approximate surface area is 131 Å². The number of hydrogen-bond donors (Lipinski definition) is 2. The molecule has 0 aliphatic carbocycles. The number of H-pyrrole nitrogens is 1. The molecule has 2 N–H and O–H groups in total. The third-order valence-corrected chi connectivity index (χ3v) is 4.05. The highest BCUT2D eigenvalue weighted by molar-refractivity contribution is 7.10. The maximum absolute atomic E-state index is 11.8. The minimum Gasteiger partial charge on any atom is -0.451 e. The Balaban J connectivity index is 1.82. The van der Waals surface area contributed by atoms with Crippen molar-refractivity contribution in [3.8, 4) is 0 Å². The summed E-state index contributed by atoms with van der Waals surface area (Å²) in [6.45, 7) is 2.89. The molecule has 0 saturated carbocycles. The molecule has 0 aromatic carbocycles. The Morgan fingerprint density at radius 3 is 2.77 bits per heavy atom. The Hall–Kier alpha value is -2.41. The number of amides is 1. The standard InChI is InChI=1S/C15H16N2O4S/c1-9(13-4-3-5-22-13)17-14(19)8-21-15(20)12-6-11(7-16-12)10(2)18/h3-7,9,16H,8H2,1-2H3,(H,17,19)/t9-/m0/s1. The number of aromatic nitrogens is 1. The summed E-state index contributed by atoms with van der Waals surface area (Å²) < 4.78 is 4.91. The molecule has 6 nitrogen and oxygen atoms in total. The van der Waals surface area contributed by atoms with E-state index in [1.807, 2.05) is 24.4 Å². The normalized spacial score (nSPS) is 11.7. The fourth-order valence-corrected chi connectivity index (χ4v) is 2.55. The van der Waals surface area contributed by atoms with Crippen LogP contribution in [-0.4, -0.2) is 29.3 Å². The lowest BCUT2D eigenvalue weighted by Gasteiger charge is -2.12. The quantitative estimate of drug-likeness (QED) is 0.631. The van der Waals surface area contributed by atoms with Crippen LogP contribution in [0.4, 0.5) is 0 Å². The van der Waals surface area contributed by atoms with Crippen molar-refractivity contribution in [2.75, 3.05) is 6.61 Å². The van der Waals surface area contributed by atoms with E-state index >= 15 is 0 Å². The van der Waals surface area contributed by atoms with Crippen molar-refractivity contribution in [2.24, 2.45) is 0 Å². The van der Waals surface area contributed by atoms with E-state index in [1.54, 1.807) is 11.3 Å². The summed E-state index contributed by atoms with van der Waals surface area (Å²) in [5.41, 5.74) is 0.534. The van der Waals surface area contributed by atoms with Gasteiger partial charge in [0.05, 0.1) is 6.04 Å². The van der Waals surface area contributed by atoms with Crippen LogP contribution in [0.5, 0.6) is 0 Å². The molecule has 22 heavy (non-hydrogen) atoms. The SMILES string of the molecule is CC(=O)c1c[nH]c(C(=O)OCC(=O)N[C@@H](C)c2cccs2)c1. The molecule has 1 atom stereocenters. The Bertz CT molecular complexity index is 676. The maximum atomic E-state index is 11.8. The van der Waals surface area contributed by atoms with Crippen molar-refractivity contribution in [1.29, 1.82) is 0 Å². The summed E-state index contributed by atoms with van der Waals surface area (Å²) in [5.74, 6) is -1.21. The molecule has 0 spiro atoms. The third kappa shape index (κ3) is 4.05. The third-order valence-electron chi connectivity index (χ3n) is 2.99. The molecule has 0 fully saturated rings. The number of aromatic amines is 1. The first kappa shape index (κ1) is 16.0. The van der Waals surface area contributed by atoms with E-state index in [0.717, 1.165) is 4.88 Å². The van der Waals surface area contributed by atoms with Crippen molar-refractivity contribution in [2.45, 2.75) is 19.9 Å². The van der Waals surface area contributed by atoms with Gasteiger partial charge in [0, 0.05) is 16.6 Å². The van der Waals surface area contributed by atoms with Gasteiger partial charge in [-0.25, -0.2) is 4.79 Å². The van der Waals surface area contributed by atoms with E-state index in [2.05, 4.69) is 10.3 Å². The average Bonchev–Trinajstić information content (AvgIpc) is 3.15. The first-order valence-corrected chi connectivity index (χ1v) is 7.54. The smallest absolute Gasteiger partial charge is 0.355 e. The summed E-state index contributed by atoms with van der Waals surface area (Å²) >= 11 is 1.54. The number of nitrogens with one attached hydrogen (secondary N) is 2. The second kappa shape index (κ2) is 7.04. The highest BCUT2D eigenvalue weighted by Gasteiger charge is 2.15. The zero-order valence-corrected chi connectivity index (χ0v) is 13.0. The summed E-state index contributed by atoms with van der Waals surface area (Å²) in [5, 5.41) is 4.67. The predicted molar refractivity (Wildman–Crippen MR) is 82.0 cm³/mol. The molecule has 116 valence electrons. The van der Waals surface area contributed by atoms with Crippen LogP contribution >= 0.6 is 11.3 Å². The second-order valence-electron chi connectivity index (χ2n) is 4.74. The fourth-order valence-electron chi connectivity index (χ4n) is 1.82. The van der Waals surface area contributed by atoms with Gasteiger partial charge < -0.3 is 15.0 Å². The highest BCUT2D eigenvalue weighted by atomic mass is 32.1. The average molecular weight is 320 g/mol. The van der Waals surface area contributed by atoms with E-state index in [-0.39, 0.29) is 30.0 Å². The lowest BCUT2D eigenvalue weighted by molar-refractivity contribution is -0.124. The van der Waals surface area contributed by atoms with Crippen LogP contribution in [-0.2, 0) is 9.53 Å². The Kier molecular flexibility index (Phi) is 5.11. The molecule has 2 aromatic rings. The minimum absolute atomic E-state index is 0.138. The fraction of sp³-hybridized carbons (Fsp3) is 0.267. The van der Waals surface area contributed by atoms with Gasteiger partial charge in [-0.3, -0.25) is 9.59 Å². The monoisotopic (exact) mass is 320 g/mol. The molecule has 7 heteroatoms. The zero-order chi connectivity index (χ0) is 16.1. The largest absolute Gasteiger partial charge is 0.451 e. The molecule has 0 saturated heterocycles. The molecule has 2 aromatic heterocycles. The summed E-state index contributed by atoms with van der Waals surface area (Å²) in [6, 6.07) is 5.09. The van der Waals surface area contributed by atoms with Crippen LogP contribution in [0, 0.1) is 0 Å². The number of carbonyl (C=O) groups is 3. The van der Waals surface area contributed by atoms with Crippen LogP contribution in [0.15, 0.2) is 29.8 Å². The van der Waals surface area contributed by atoms with Crippen molar-refractivity contribution < 1.29 is 19.1 Å². The van der Waals surface area contributed by atoms with Gasteiger partial charge in [0.15, 0.2) is 12.4 Å². The number of hydrogen-bond acceptors (Lipinski definition) is 5. The lowest BCUT2D eigenvalue weighted by atomic mass is 10.2. The van der Waals surface area contributed by atoms with E-state index in [1.165, 1.54) is 19.2 Å². The summed E-state index contributed by atoms with van der Waals surface area (Å²) in [4.78, 5) is 38.3. The van der Waals surface area contributed by atoms with E-state index < -0.39 is 5.97 Å². The molecule has 0 radical (unpaired) electrons. The molecule has 0 unspecified atom stereocenters. The Morgan fingerprint density at radius 1 is 1.41 bits per heavy atom. The first-order chi connectivity index (χ1) is 10.5. The summed E-state index contributed by atoms with van der Waals surface area (Å²) in [6.07, 6.45) is 1.43. The molecule has 2 heterocycles.